The third-order valence-electron chi connectivity index (χ3n) is 3.14. The van der Waals surface area contributed by atoms with Crippen LogP contribution < -0.4 is 0 Å². The van der Waals surface area contributed by atoms with Gasteiger partial charge in [-0.1, -0.05) is 0 Å². The highest BCUT2D eigenvalue weighted by Crippen LogP contribution is 2.41. The Hall–Kier alpha value is -0.0900. The van der Waals surface area contributed by atoms with Crippen molar-refractivity contribution in [3.8, 4) is 0 Å². The highest BCUT2D eigenvalue weighted by atomic mass is 32.2. The lowest BCUT2D eigenvalue weighted by Crippen LogP contribution is -2.37. The summed E-state index contributed by atoms with van der Waals surface area (Å²) in [5.41, 5.74) is 0. The molecule has 0 aromatic carbocycles. The summed E-state index contributed by atoms with van der Waals surface area (Å²) in [7, 11) is -2.92. The molecule has 1 heterocycles. The third kappa shape index (κ3) is 1.74. The number of nitrogens with zero attached hydrogens (tertiary/aromatic N) is 1. The molecule has 1 unspecified atom stereocenters. The smallest absolute Gasteiger partial charge is 0.212 e. The molecule has 0 amide bonds. The van der Waals surface area contributed by atoms with E-state index in [2.05, 4.69) is 0 Å². The van der Waals surface area contributed by atoms with E-state index in [1.807, 2.05) is 0 Å². The zero-order valence-electron chi connectivity index (χ0n) is 8.07. The van der Waals surface area contributed by atoms with E-state index >= 15 is 0 Å². The van der Waals surface area contributed by atoms with Gasteiger partial charge in [0.15, 0.2) is 0 Å². The number of sulfonamides is 1. The summed E-state index contributed by atoms with van der Waals surface area (Å²) in [6.45, 7) is 2.49. The van der Waals surface area contributed by atoms with Crippen molar-refractivity contribution in [1.82, 2.24) is 4.31 Å². The van der Waals surface area contributed by atoms with E-state index in [1.165, 1.54) is 12.8 Å². The molecule has 13 heavy (non-hydrogen) atoms. The van der Waals surface area contributed by atoms with Crippen LogP contribution in [0.3, 0.4) is 0 Å². The minimum Gasteiger partial charge on any atom is -0.212 e. The lowest BCUT2D eigenvalue weighted by atomic mass is 10.1. The molecule has 1 saturated heterocycles. The minimum absolute atomic E-state index is 0.260. The number of rotatable bonds is 3. The van der Waals surface area contributed by atoms with Gasteiger partial charge in [-0.05, 0) is 38.5 Å². The largest absolute Gasteiger partial charge is 0.214 e. The van der Waals surface area contributed by atoms with E-state index in [9.17, 15) is 8.42 Å². The molecule has 4 heteroatoms. The number of hydrogen-bond acceptors (Lipinski definition) is 2. The van der Waals surface area contributed by atoms with Gasteiger partial charge in [0.25, 0.3) is 0 Å². The molecule has 76 valence electrons. The second-order valence-electron chi connectivity index (χ2n) is 4.06. The SMILES string of the molecule is CCS(=O)(=O)N1CCCC1C1CC1. The third-order valence-corrected chi connectivity index (χ3v) is 5.03. The maximum atomic E-state index is 11.7. The van der Waals surface area contributed by atoms with Crippen molar-refractivity contribution in [3.05, 3.63) is 0 Å². The Kier molecular flexibility index (Phi) is 2.36. The van der Waals surface area contributed by atoms with Gasteiger partial charge in [0.1, 0.15) is 0 Å². The molecular formula is C9H17NO2S. The Morgan fingerprint density at radius 2 is 2.00 bits per heavy atom. The van der Waals surface area contributed by atoms with Crippen LogP contribution in [0.5, 0.6) is 0 Å². The summed E-state index contributed by atoms with van der Waals surface area (Å²) in [6.07, 6.45) is 4.62. The van der Waals surface area contributed by atoms with Gasteiger partial charge in [0.2, 0.25) is 10.0 Å². The normalized spacial score (nSPS) is 31.0. The molecule has 2 fully saturated rings. The lowest BCUT2D eigenvalue weighted by Gasteiger charge is -2.22. The van der Waals surface area contributed by atoms with Gasteiger partial charge < -0.3 is 0 Å². The summed E-state index contributed by atoms with van der Waals surface area (Å²) >= 11 is 0. The van der Waals surface area contributed by atoms with Crippen molar-refractivity contribution >= 4 is 10.0 Å². The van der Waals surface area contributed by atoms with E-state index in [1.54, 1.807) is 11.2 Å². The summed E-state index contributed by atoms with van der Waals surface area (Å²) in [5, 5.41) is 0. The second-order valence-corrected chi connectivity index (χ2v) is 6.27. The second kappa shape index (κ2) is 3.24. The van der Waals surface area contributed by atoms with E-state index in [0.717, 1.165) is 19.4 Å². The zero-order chi connectivity index (χ0) is 9.47. The van der Waals surface area contributed by atoms with Crippen molar-refractivity contribution in [3.63, 3.8) is 0 Å². The number of hydrogen-bond donors (Lipinski definition) is 0. The van der Waals surface area contributed by atoms with Crippen molar-refractivity contribution in [2.75, 3.05) is 12.3 Å². The molecule has 1 aliphatic heterocycles. The van der Waals surface area contributed by atoms with Gasteiger partial charge in [-0.15, -0.1) is 0 Å². The van der Waals surface area contributed by atoms with Crippen molar-refractivity contribution in [2.24, 2.45) is 5.92 Å². The van der Waals surface area contributed by atoms with Crippen LogP contribution >= 0.6 is 0 Å². The zero-order valence-corrected chi connectivity index (χ0v) is 8.89. The standard InChI is InChI=1S/C9H17NO2S/c1-2-13(11,12)10-7-3-4-9(10)8-5-6-8/h8-9H,2-7H2,1H3. The van der Waals surface area contributed by atoms with Gasteiger partial charge in [0.05, 0.1) is 5.75 Å². The first kappa shape index (κ1) is 9.46. The highest BCUT2D eigenvalue weighted by Gasteiger charge is 2.42. The topological polar surface area (TPSA) is 37.4 Å². The van der Waals surface area contributed by atoms with Gasteiger partial charge in [-0.25, -0.2) is 8.42 Å². The molecule has 0 spiro atoms. The van der Waals surface area contributed by atoms with Crippen molar-refractivity contribution in [1.29, 1.82) is 0 Å². The average Bonchev–Trinajstić information content (AvgIpc) is 2.83. The van der Waals surface area contributed by atoms with E-state index in [-0.39, 0.29) is 5.75 Å². The van der Waals surface area contributed by atoms with E-state index < -0.39 is 10.0 Å². The Morgan fingerprint density at radius 1 is 1.31 bits per heavy atom. The van der Waals surface area contributed by atoms with Crippen LogP contribution in [0, 0.1) is 5.92 Å². The van der Waals surface area contributed by atoms with Crippen LogP contribution in [-0.4, -0.2) is 31.1 Å². The molecule has 2 aliphatic rings. The summed E-state index contributed by atoms with van der Waals surface area (Å²) in [4.78, 5) is 0. The van der Waals surface area contributed by atoms with Crippen LogP contribution in [0.15, 0.2) is 0 Å². The van der Waals surface area contributed by atoms with Gasteiger partial charge in [-0.2, -0.15) is 4.31 Å². The molecule has 0 aromatic rings. The van der Waals surface area contributed by atoms with Crippen molar-refractivity contribution < 1.29 is 8.42 Å². The molecule has 1 saturated carbocycles. The molecular weight excluding hydrogens is 186 g/mol. The fraction of sp³-hybridized carbons (Fsp3) is 1.00. The maximum Gasteiger partial charge on any atom is 0.214 e. The van der Waals surface area contributed by atoms with Crippen LogP contribution in [0.25, 0.3) is 0 Å². The molecule has 0 bridgehead atoms. The van der Waals surface area contributed by atoms with Crippen molar-refractivity contribution in [2.45, 2.75) is 38.6 Å². The fourth-order valence-electron chi connectivity index (χ4n) is 2.23. The summed E-state index contributed by atoms with van der Waals surface area (Å²) in [5.74, 6) is 0.944. The first-order chi connectivity index (χ1) is 6.15. The Balaban J connectivity index is 2.13. The lowest BCUT2D eigenvalue weighted by molar-refractivity contribution is 0.357. The summed E-state index contributed by atoms with van der Waals surface area (Å²) < 4.78 is 25.1. The molecule has 0 radical (unpaired) electrons. The first-order valence-electron chi connectivity index (χ1n) is 5.14. The Bertz CT molecular complexity index is 282. The first-order valence-corrected chi connectivity index (χ1v) is 6.75. The molecule has 2 rings (SSSR count). The van der Waals surface area contributed by atoms with E-state index in [0.29, 0.717) is 12.0 Å². The minimum atomic E-state index is -2.92. The fourth-order valence-corrected chi connectivity index (χ4v) is 3.66. The van der Waals surface area contributed by atoms with Gasteiger partial charge in [-0.3, -0.25) is 0 Å². The molecule has 0 N–H and O–H groups in total. The monoisotopic (exact) mass is 203 g/mol. The highest BCUT2D eigenvalue weighted by molar-refractivity contribution is 7.89. The van der Waals surface area contributed by atoms with Crippen LogP contribution in [-0.2, 0) is 10.0 Å². The molecule has 0 aromatic heterocycles. The molecule has 3 nitrogen and oxygen atoms in total. The predicted molar refractivity (Wildman–Crippen MR) is 51.9 cm³/mol. The molecule has 1 atom stereocenters. The Labute approximate surface area is 80.2 Å². The van der Waals surface area contributed by atoms with Gasteiger partial charge in [0, 0.05) is 12.6 Å². The van der Waals surface area contributed by atoms with Crippen LogP contribution in [0.2, 0.25) is 0 Å². The van der Waals surface area contributed by atoms with Gasteiger partial charge >= 0.3 is 0 Å². The molecule has 1 aliphatic carbocycles. The van der Waals surface area contributed by atoms with E-state index in [4.69, 9.17) is 0 Å². The predicted octanol–water partition coefficient (Wildman–Crippen LogP) is 1.21. The Morgan fingerprint density at radius 3 is 2.54 bits per heavy atom. The quantitative estimate of drug-likeness (QED) is 0.691. The average molecular weight is 203 g/mol. The van der Waals surface area contributed by atoms with Crippen LogP contribution in [0.1, 0.15) is 32.6 Å². The maximum absolute atomic E-state index is 11.7. The summed E-state index contributed by atoms with van der Waals surface area (Å²) in [6, 6.07) is 0.352. The van der Waals surface area contributed by atoms with Crippen LogP contribution in [0.4, 0.5) is 0 Å².